The number of benzene rings is 1. The zero-order valence-electron chi connectivity index (χ0n) is 11.2. The standard InChI is InChI=1S/C15H22N2/c1-5-11-6-7-14-12(8-11)13(9-16-4)15(17-14)10(2)3/h6-8,10,16-17H,5,9H2,1-4H3. The molecule has 2 heteroatoms. The topological polar surface area (TPSA) is 27.8 Å². The summed E-state index contributed by atoms with van der Waals surface area (Å²) in [5.41, 5.74) is 5.45. The Morgan fingerprint density at radius 3 is 2.65 bits per heavy atom. The Balaban J connectivity index is 2.63. The third kappa shape index (κ3) is 2.22. The van der Waals surface area contributed by atoms with Crippen LogP contribution in [-0.4, -0.2) is 12.0 Å². The monoisotopic (exact) mass is 230 g/mol. The smallest absolute Gasteiger partial charge is 0.0459 e. The van der Waals surface area contributed by atoms with Gasteiger partial charge in [-0.1, -0.05) is 26.8 Å². The maximum Gasteiger partial charge on any atom is 0.0459 e. The van der Waals surface area contributed by atoms with Gasteiger partial charge in [-0.15, -0.1) is 0 Å². The number of fused-ring (bicyclic) bond motifs is 1. The summed E-state index contributed by atoms with van der Waals surface area (Å²) in [6, 6.07) is 6.75. The summed E-state index contributed by atoms with van der Waals surface area (Å²) in [7, 11) is 2.01. The summed E-state index contributed by atoms with van der Waals surface area (Å²) in [5, 5.41) is 4.65. The number of rotatable bonds is 4. The van der Waals surface area contributed by atoms with Gasteiger partial charge in [0, 0.05) is 23.1 Å². The molecule has 0 saturated carbocycles. The quantitative estimate of drug-likeness (QED) is 0.825. The Kier molecular flexibility index (Phi) is 3.53. The molecule has 1 heterocycles. The Hall–Kier alpha value is -1.28. The van der Waals surface area contributed by atoms with Crippen molar-refractivity contribution in [2.75, 3.05) is 7.05 Å². The molecule has 1 aromatic heterocycles. The molecule has 1 aromatic carbocycles. The van der Waals surface area contributed by atoms with Gasteiger partial charge >= 0.3 is 0 Å². The fraction of sp³-hybridized carbons (Fsp3) is 0.467. The number of aryl methyl sites for hydroxylation is 1. The minimum absolute atomic E-state index is 0.538. The average molecular weight is 230 g/mol. The number of aromatic nitrogens is 1. The van der Waals surface area contributed by atoms with Crippen LogP contribution in [0.3, 0.4) is 0 Å². The first-order chi connectivity index (χ1) is 8.17. The largest absolute Gasteiger partial charge is 0.358 e. The van der Waals surface area contributed by atoms with Crippen LogP contribution >= 0.6 is 0 Å². The number of H-pyrrole nitrogens is 1. The van der Waals surface area contributed by atoms with E-state index in [4.69, 9.17) is 0 Å². The molecule has 0 aliphatic heterocycles. The number of hydrogen-bond acceptors (Lipinski definition) is 1. The van der Waals surface area contributed by atoms with Crippen molar-refractivity contribution in [2.45, 2.75) is 39.7 Å². The molecule has 92 valence electrons. The van der Waals surface area contributed by atoms with Gasteiger partial charge in [0.25, 0.3) is 0 Å². The highest BCUT2D eigenvalue weighted by Gasteiger charge is 2.13. The minimum atomic E-state index is 0.538. The van der Waals surface area contributed by atoms with E-state index in [9.17, 15) is 0 Å². The fourth-order valence-electron chi connectivity index (χ4n) is 2.40. The van der Waals surface area contributed by atoms with E-state index in [1.54, 1.807) is 0 Å². The molecule has 0 saturated heterocycles. The molecule has 2 nitrogen and oxygen atoms in total. The highest BCUT2D eigenvalue weighted by Crippen LogP contribution is 2.28. The van der Waals surface area contributed by atoms with Gasteiger partial charge in [-0.25, -0.2) is 0 Å². The normalized spacial score (nSPS) is 11.6. The summed E-state index contributed by atoms with van der Waals surface area (Å²) in [5.74, 6) is 0.538. The molecule has 0 fully saturated rings. The predicted octanol–water partition coefficient (Wildman–Crippen LogP) is 3.57. The third-order valence-corrected chi connectivity index (χ3v) is 3.34. The van der Waals surface area contributed by atoms with Gasteiger partial charge in [0.1, 0.15) is 0 Å². The van der Waals surface area contributed by atoms with Crippen molar-refractivity contribution in [3.05, 3.63) is 35.0 Å². The van der Waals surface area contributed by atoms with Gasteiger partial charge in [0.05, 0.1) is 0 Å². The van der Waals surface area contributed by atoms with Crippen LogP contribution in [0.15, 0.2) is 18.2 Å². The molecule has 0 radical (unpaired) electrons. The van der Waals surface area contributed by atoms with Crippen molar-refractivity contribution in [1.29, 1.82) is 0 Å². The fourth-order valence-corrected chi connectivity index (χ4v) is 2.40. The summed E-state index contributed by atoms with van der Waals surface area (Å²) >= 11 is 0. The predicted molar refractivity (Wildman–Crippen MR) is 74.5 cm³/mol. The van der Waals surface area contributed by atoms with Gasteiger partial charge in [-0.2, -0.15) is 0 Å². The lowest BCUT2D eigenvalue weighted by atomic mass is 10.0. The zero-order chi connectivity index (χ0) is 12.4. The number of aromatic amines is 1. The van der Waals surface area contributed by atoms with E-state index in [0.717, 1.165) is 13.0 Å². The van der Waals surface area contributed by atoms with Crippen LogP contribution in [0.4, 0.5) is 0 Å². The highest BCUT2D eigenvalue weighted by molar-refractivity contribution is 5.85. The van der Waals surface area contributed by atoms with Crippen LogP contribution in [-0.2, 0) is 13.0 Å². The second-order valence-electron chi connectivity index (χ2n) is 4.94. The van der Waals surface area contributed by atoms with Crippen molar-refractivity contribution in [3.63, 3.8) is 0 Å². The van der Waals surface area contributed by atoms with Crippen LogP contribution in [0, 0.1) is 0 Å². The molecule has 0 spiro atoms. The van der Waals surface area contributed by atoms with Crippen molar-refractivity contribution >= 4 is 10.9 Å². The van der Waals surface area contributed by atoms with Gasteiger partial charge in [0.15, 0.2) is 0 Å². The maximum atomic E-state index is 3.56. The summed E-state index contributed by atoms with van der Waals surface area (Å²) < 4.78 is 0. The van der Waals surface area contributed by atoms with Crippen LogP contribution in [0.25, 0.3) is 10.9 Å². The molecular formula is C15H22N2. The lowest BCUT2D eigenvalue weighted by molar-refractivity contribution is 0.768. The molecule has 2 rings (SSSR count). The van der Waals surface area contributed by atoms with Crippen molar-refractivity contribution in [1.82, 2.24) is 10.3 Å². The highest BCUT2D eigenvalue weighted by atomic mass is 14.8. The summed E-state index contributed by atoms with van der Waals surface area (Å²) in [4.78, 5) is 3.56. The second kappa shape index (κ2) is 4.92. The average Bonchev–Trinajstić information content (AvgIpc) is 2.68. The first-order valence-electron chi connectivity index (χ1n) is 6.45. The van der Waals surface area contributed by atoms with Crippen molar-refractivity contribution < 1.29 is 0 Å². The van der Waals surface area contributed by atoms with Gasteiger partial charge in [-0.3, -0.25) is 0 Å². The molecule has 2 N–H and O–H groups in total. The van der Waals surface area contributed by atoms with Gasteiger partial charge < -0.3 is 10.3 Å². The molecule has 0 aliphatic rings. The van der Waals surface area contributed by atoms with Crippen LogP contribution in [0.5, 0.6) is 0 Å². The molecule has 0 bridgehead atoms. The maximum absolute atomic E-state index is 3.56. The third-order valence-electron chi connectivity index (χ3n) is 3.34. The van der Waals surface area contributed by atoms with Crippen LogP contribution in [0.1, 0.15) is 43.5 Å². The molecular weight excluding hydrogens is 208 g/mol. The van der Waals surface area contributed by atoms with Crippen molar-refractivity contribution in [2.24, 2.45) is 0 Å². The molecule has 0 aliphatic carbocycles. The lowest BCUT2D eigenvalue weighted by Crippen LogP contribution is -2.07. The minimum Gasteiger partial charge on any atom is -0.358 e. The number of nitrogens with one attached hydrogen (secondary N) is 2. The van der Waals surface area contributed by atoms with E-state index in [1.807, 2.05) is 7.05 Å². The Morgan fingerprint density at radius 1 is 1.29 bits per heavy atom. The van der Waals surface area contributed by atoms with Crippen LogP contribution < -0.4 is 5.32 Å². The van der Waals surface area contributed by atoms with E-state index >= 15 is 0 Å². The van der Waals surface area contributed by atoms with Crippen molar-refractivity contribution in [3.8, 4) is 0 Å². The SMILES string of the molecule is CCc1ccc2[nH]c(C(C)C)c(CNC)c2c1. The first-order valence-corrected chi connectivity index (χ1v) is 6.45. The van der Waals surface area contributed by atoms with E-state index in [-0.39, 0.29) is 0 Å². The first kappa shape index (κ1) is 12.2. The zero-order valence-corrected chi connectivity index (χ0v) is 11.2. The second-order valence-corrected chi connectivity index (χ2v) is 4.94. The van der Waals surface area contributed by atoms with E-state index in [1.165, 1.54) is 27.7 Å². The van der Waals surface area contributed by atoms with E-state index in [0.29, 0.717) is 5.92 Å². The van der Waals surface area contributed by atoms with Gasteiger partial charge in [0.2, 0.25) is 0 Å². The number of hydrogen-bond donors (Lipinski definition) is 2. The molecule has 0 unspecified atom stereocenters. The Morgan fingerprint density at radius 2 is 2.06 bits per heavy atom. The summed E-state index contributed by atoms with van der Waals surface area (Å²) in [6.07, 6.45) is 1.09. The molecule has 2 aromatic rings. The summed E-state index contributed by atoms with van der Waals surface area (Å²) in [6.45, 7) is 7.62. The van der Waals surface area contributed by atoms with E-state index in [2.05, 4.69) is 49.3 Å². The molecule has 0 atom stereocenters. The Labute approximate surface area is 103 Å². The lowest BCUT2D eigenvalue weighted by Gasteiger charge is -2.07. The molecule has 17 heavy (non-hydrogen) atoms. The van der Waals surface area contributed by atoms with Crippen LogP contribution in [0.2, 0.25) is 0 Å². The van der Waals surface area contributed by atoms with E-state index < -0.39 is 0 Å². The van der Waals surface area contributed by atoms with Gasteiger partial charge in [-0.05, 0) is 42.6 Å². The Bertz CT molecular complexity index is 509. The molecule has 0 amide bonds.